The number of ether oxygens (including phenoxy) is 2. The fourth-order valence-corrected chi connectivity index (χ4v) is 13.0. The maximum atomic E-state index is 13.7. The summed E-state index contributed by atoms with van der Waals surface area (Å²) in [6, 6.07) is -0.310. The molecule has 12 atom stereocenters. The fraction of sp³-hybridized carbons (Fsp3) is 0.864. The zero-order valence-electron chi connectivity index (χ0n) is 36.1. The molecule has 1 aromatic heterocycles. The Hall–Kier alpha value is -2.30. The molecule has 10 heteroatoms. The summed E-state index contributed by atoms with van der Waals surface area (Å²) < 4.78 is 15.9. The molecule has 4 aliphatic carbocycles. The van der Waals surface area contributed by atoms with Gasteiger partial charge in [-0.15, -0.1) is 0 Å². The highest BCUT2D eigenvalue weighted by atomic mass is 16.5. The van der Waals surface area contributed by atoms with Crippen molar-refractivity contribution < 1.29 is 24.2 Å². The van der Waals surface area contributed by atoms with Gasteiger partial charge in [-0.05, 0) is 112 Å². The van der Waals surface area contributed by atoms with Crippen LogP contribution in [0.2, 0.25) is 0 Å². The van der Waals surface area contributed by atoms with E-state index in [9.17, 15) is 14.7 Å². The minimum atomic E-state index is -0.643. The predicted molar refractivity (Wildman–Crippen MR) is 212 cm³/mol. The van der Waals surface area contributed by atoms with Gasteiger partial charge in [-0.25, -0.2) is 9.67 Å². The molecular formula is C44H73N5O5. The first-order valence-electron chi connectivity index (χ1n) is 21.0. The minimum Gasteiger partial charge on any atom is -0.481 e. The summed E-state index contributed by atoms with van der Waals surface area (Å²) in [7, 11) is 2.01. The number of allylic oxidation sites excluding steroid dienone is 1. The van der Waals surface area contributed by atoms with Crippen LogP contribution in [0.15, 0.2) is 18.0 Å². The van der Waals surface area contributed by atoms with Gasteiger partial charge in [0, 0.05) is 22.4 Å². The third-order valence-corrected chi connectivity index (χ3v) is 17.4. The molecule has 1 unspecified atom stereocenters. The number of fused-ring (bicyclic) bond motifs is 3. The van der Waals surface area contributed by atoms with E-state index < -0.39 is 17.3 Å². The molecule has 2 heterocycles. The Morgan fingerprint density at radius 3 is 2.31 bits per heavy atom. The second-order valence-electron chi connectivity index (χ2n) is 21.3. The van der Waals surface area contributed by atoms with Gasteiger partial charge in [0.15, 0.2) is 0 Å². The van der Waals surface area contributed by atoms with Crippen LogP contribution in [-0.2, 0) is 14.3 Å². The summed E-state index contributed by atoms with van der Waals surface area (Å²) in [4.78, 5) is 31.8. The first-order chi connectivity index (χ1) is 25.0. The Balaban J connectivity index is 1.48. The molecule has 304 valence electrons. The zero-order valence-corrected chi connectivity index (χ0v) is 36.1. The number of carboxylic acid groups (broad SMARTS) is 1. The van der Waals surface area contributed by atoms with E-state index in [0.717, 1.165) is 32.1 Å². The molecule has 0 spiro atoms. The average Bonchev–Trinajstić information content (AvgIpc) is 3.57. The maximum absolute atomic E-state index is 13.7. The van der Waals surface area contributed by atoms with Gasteiger partial charge in [0.2, 0.25) is 5.82 Å². The first-order valence-corrected chi connectivity index (χ1v) is 21.0. The van der Waals surface area contributed by atoms with E-state index in [4.69, 9.17) is 14.6 Å². The van der Waals surface area contributed by atoms with Crippen molar-refractivity contribution in [3.05, 3.63) is 23.8 Å². The van der Waals surface area contributed by atoms with Crippen molar-refractivity contribution in [1.82, 2.24) is 25.4 Å². The van der Waals surface area contributed by atoms with Crippen LogP contribution in [0, 0.1) is 62.1 Å². The van der Waals surface area contributed by atoms with Crippen LogP contribution in [0.25, 0.3) is 0 Å². The Labute approximate surface area is 325 Å². The number of nitrogens with zero attached hydrogens (tertiary/aromatic N) is 3. The lowest BCUT2D eigenvalue weighted by molar-refractivity contribution is -0.254. The van der Waals surface area contributed by atoms with Gasteiger partial charge in [-0.2, -0.15) is 5.10 Å². The number of hydrogen-bond acceptors (Lipinski definition) is 7. The standard InChI is InChI=1S/C44H73N5O5/c1-26(2)28(5)39(9)19-20-41(11)29-15-16-32-40(10)22-53-24-44(32,30(29)17-18-42(41,12)33(39)37(51)52)21-31(34(40)54-23-43(13,45-14)38(6,7)8)49-35(46-25-47-49)36(50)48-27(3)4/h17,25-29,31-34,45H,15-16,18-24H2,1-14H3,(H,48,50)(H,51,52)/t28-,29+,31-,32+,33-,34+,39-,40+,41-,42+,43+,44?/m1/s1. The van der Waals surface area contributed by atoms with E-state index in [-0.39, 0.29) is 68.5 Å². The van der Waals surface area contributed by atoms with Crippen molar-refractivity contribution in [3.63, 3.8) is 0 Å². The van der Waals surface area contributed by atoms with E-state index in [2.05, 4.69) is 97.9 Å². The highest BCUT2D eigenvalue weighted by molar-refractivity contribution is 5.90. The lowest BCUT2D eigenvalue weighted by Crippen LogP contribution is -2.69. The van der Waals surface area contributed by atoms with Gasteiger partial charge in [0.05, 0.1) is 37.9 Å². The van der Waals surface area contributed by atoms with E-state index in [1.54, 1.807) is 0 Å². The van der Waals surface area contributed by atoms with Crippen LogP contribution in [0.3, 0.4) is 0 Å². The number of nitrogens with one attached hydrogen (secondary N) is 2. The van der Waals surface area contributed by atoms with Crippen LogP contribution in [-0.4, -0.2) is 76.3 Å². The zero-order chi connectivity index (χ0) is 40.0. The molecule has 1 amide bonds. The molecule has 6 rings (SSSR count). The predicted octanol–water partition coefficient (Wildman–Crippen LogP) is 7.96. The summed E-state index contributed by atoms with van der Waals surface area (Å²) in [5.74, 6) is 0.222. The third kappa shape index (κ3) is 5.87. The van der Waals surface area contributed by atoms with Crippen molar-refractivity contribution in [2.45, 2.75) is 152 Å². The number of carbonyl (C=O) groups is 2. The second kappa shape index (κ2) is 13.7. The summed E-state index contributed by atoms with van der Waals surface area (Å²) in [5.41, 5.74) is -0.502. The molecule has 5 aliphatic rings. The van der Waals surface area contributed by atoms with Crippen LogP contribution >= 0.6 is 0 Å². The van der Waals surface area contributed by atoms with Crippen LogP contribution in [0.1, 0.15) is 145 Å². The van der Waals surface area contributed by atoms with Crippen molar-refractivity contribution in [2.75, 3.05) is 26.9 Å². The Morgan fingerprint density at radius 1 is 1.04 bits per heavy atom. The monoisotopic (exact) mass is 752 g/mol. The summed E-state index contributed by atoms with van der Waals surface area (Å²) in [5, 5.41) is 22.6. The quantitative estimate of drug-likeness (QED) is 0.206. The molecule has 0 aromatic carbocycles. The number of amides is 1. The Morgan fingerprint density at radius 2 is 1.72 bits per heavy atom. The number of hydrogen-bond donors (Lipinski definition) is 3. The highest BCUT2D eigenvalue weighted by Crippen LogP contribution is 2.75. The molecule has 3 N–H and O–H groups in total. The molecule has 10 nitrogen and oxygen atoms in total. The van der Waals surface area contributed by atoms with E-state index in [1.165, 1.54) is 11.9 Å². The van der Waals surface area contributed by atoms with Crippen LogP contribution in [0.5, 0.6) is 0 Å². The van der Waals surface area contributed by atoms with Crippen molar-refractivity contribution in [1.29, 1.82) is 0 Å². The largest absolute Gasteiger partial charge is 0.481 e. The molecule has 2 bridgehead atoms. The van der Waals surface area contributed by atoms with Crippen molar-refractivity contribution in [2.24, 2.45) is 62.1 Å². The lowest BCUT2D eigenvalue weighted by Gasteiger charge is -2.71. The van der Waals surface area contributed by atoms with Crippen molar-refractivity contribution in [3.8, 4) is 0 Å². The molecule has 1 aliphatic heterocycles. The number of carbonyl (C=O) groups excluding carboxylic acids is 1. The molecular weight excluding hydrogens is 679 g/mol. The first kappa shape index (κ1) is 41.3. The van der Waals surface area contributed by atoms with E-state index in [0.29, 0.717) is 43.9 Å². The van der Waals surface area contributed by atoms with Gasteiger partial charge in [0.25, 0.3) is 5.91 Å². The number of likely N-dealkylation sites (N-methyl/N-ethyl adjacent to an activating group) is 1. The molecule has 0 radical (unpaired) electrons. The van der Waals surface area contributed by atoms with Gasteiger partial charge >= 0.3 is 5.97 Å². The second-order valence-corrected chi connectivity index (χ2v) is 21.3. The molecule has 3 saturated carbocycles. The van der Waals surface area contributed by atoms with E-state index >= 15 is 0 Å². The van der Waals surface area contributed by atoms with Gasteiger partial charge < -0.3 is 25.2 Å². The molecule has 1 aromatic rings. The summed E-state index contributed by atoms with van der Waals surface area (Å²) in [6.07, 6.45) is 9.14. The summed E-state index contributed by atoms with van der Waals surface area (Å²) in [6.45, 7) is 30.7. The molecule has 4 fully saturated rings. The van der Waals surface area contributed by atoms with Crippen LogP contribution < -0.4 is 10.6 Å². The van der Waals surface area contributed by atoms with Gasteiger partial charge in [-0.1, -0.05) is 80.9 Å². The highest BCUT2D eigenvalue weighted by Gasteiger charge is 2.72. The van der Waals surface area contributed by atoms with Crippen LogP contribution in [0.4, 0.5) is 0 Å². The smallest absolute Gasteiger partial charge is 0.307 e. The number of aromatic nitrogens is 3. The van der Waals surface area contributed by atoms with E-state index in [1.807, 2.05) is 25.6 Å². The maximum Gasteiger partial charge on any atom is 0.307 e. The SMILES string of the molecule is CN[C@@](C)(CO[C@H]1[C@H](n2ncnc2C(=O)NC(C)C)CC23COC[C@@]1(C)[C@@H]2CC[C@H]1C3=CC[C@@]2(C)[C@H](C(=O)O)[C@@](C)([C@H](C)C(C)C)CC[C@]12C)C(C)(C)C. The topological polar surface area (TPSA) is 128 Å². The number of aliphatic carboxylic acids is 1. The lowest BCUT2D eigenvalue weighted by atomic mass is 9.34. The Kier molecular flexibility index (Phi) is 10.5. The third-order valence-electron chi connectivity index (χ3n) is 17.4. The molecule has 1 saturated heterocycles. The molecule has 54 heavy (non-hydrogen) atoms. The fourth-order valence-electron chi connectivity index (χ4n) is 13.0. The Bertz CT molecular complexity index is 1630. The normalized spacial score (nSPS) is 40.9. The van der Waals surface area contributed by atoms with Gasteiger partial charge in [0.1, 0.15) is 6.33 Å². The van der Waals surface area contributed by atoms with Crippen molar-refractivity contribution >= 4 is 11.9 Å². The number of carboxylic acids is 1. The average molecular weight is 752 g/mol. The van der Waals surface area contributed by atoms with Gasteiger partial charge in [-0.3, -0.25) is 9.59 Å². The number of rotatable bonds is 10. The summed E-state index contributed by atoms with van der Waals surface area (Å²) >= 11 is 0. The minimum absolute atomic E-state index is 0.0468.